The third kappa shape index (κ3) is 3.01. The molecule has 3 aromatic rings. The lowest BCUT2D eigenvalue weighted by molar-refractivity contribution is -0.129. The minimum absolute atomic E-state index is 0.0317. The average molecular weight is 297 g/mol. The number of halogens is 1. The van der Waals surface area contributed by atoms with Crippen molar-refractivity contribution in [1.29, 1.82) is 0 Å². The summed E-state index contributed by atoms with van der Waals surface area (Å²) in [4.78, 5) is 14.0. The molecule has 1 aromatic heterocycles. The number of carbonyl (C=O) groups is 1. The molecule has 0 aliphatic carbocycles. The van der Waals surface area contributed by atoms with Gasteiger partial charge in [-0.1, -0.05) is 30.3 Å². The van der Waals surface area contributed by atoms with Gasteiger partial charge in [0.1, 0.15) is 11.4 Å². The van der Waals surface area contributed by atoms with Crippen molar-refractivity contribution in [1.82, 2.24) is 4.90 Å². The molecule has 1 heterocycles. The Morgan fingerprint density at radius 1 is 1.18 bits per heavy atom. The Morgan fingerprint density at radius 3 is 2.73 bits per heavy atom. The van der Waals surface area contributed by atoms with Gasteiger partial charge in [-0.05, 0) is 23.8 Å². The maximum Gasteiger partial charge on any atom is 0.227 e. The van der Waals surface area contributed by atoms with Crippen LogP contribution in [0.5, 0.6) is 0 Å². The summed E-state index contributed by atoms with van der Waals surface area (Å²) in [6.45, 7) is 0.545. The van der Waals surface area contributed by atoms with Crippen LogP contribution in [0.3, 0.4) is 0 Å². The van der Waals surface area contributed by atoms with Crippen LogP contribution in [-0.2, 0) is 17.8 Å². The van der Waals surface area contributed by atoms with Gasteiger partial charge in [0.05, 0.1) is 12.7 Å². The average Bonchev–Trinajstić information content (AvgIpc) is 2.90. The molecule has 3 rings (SSSR count). The predicted molar refractivity (Wildman–Crippen MR) is 82.8 cm³/mol. The molecule has 0 spiro atoms. The molecule has 4 heteroatoms. The van der Waals surface area contributed by atoms with Crippen molar-refractivity contribution in [3.8, 4) is 0 Å². The number of amides is 1. The minimum atomic E-state index is -0.333. The molecule has 0 unspecified atom stereocenters. The molecule has 22 heavy (non-hydrogen) atoms. The van der Waals surface area contributed by atoms with Crippen molar-refractivity contribution in [2.45, 2.75) is 13.0 Å². The van der Waals surface area contributed by atoms with E-state index in [2.05, 4.69) is 0 Å². The normalized spacial score (nSPS) is 10.8. The van der Waals surface area contributed by atoms with Gasteiger partial charge in [-0.2, -0.15) is 0 Å². The van der Waals surface area contributed by atoms with Crippen LogP contribution in [0.15, 0.2) is 59.2 Å². The van der Waals surface area contributed by atoms with Crippen LogP contribution in [0, 0.1) is 5.82 Å². The second-order valence-corrected chi connectivity index (χ2v) is 5.31. The number of likely N-dealkylation sites (N-methyl/N-ethyl adjacent to an activating group) is 1. The Balaban J connectivity index is 1.74. The first-order valence-electron chi connectivity index (χ1n) is 7.07. The number of carbonyl (C=O) groups excluding carboxylic acids is 1. The van der Waals surface area contributed by atoms with Crippen LogP contribution >= 0.6 is 0 Å². The number of rotatable bonds is 4. The number of hydrogen-bond donors (Lipinski definition) is 0. The Hall–Kier alpha value is -2.62. The summed E-state index contributed by atoms with van der Waals surface area (Å²) >= 11 is 0. The fourth-order valence-corrected chi connectivity index (χ4v) is 2.43. The van der Waals surface area contributed by atoms with Gasteiger partial charge in [-0.15, -0.1) is 0 Å². The van der Waals surface area contributed by atoms with Gasteiger partial charge in [0.25, 0.3) is 0 Å². The Bertz CT molecular complexity index is 795. The highest BCUT2D eigenvalue weighted by molar-refractivity contribution is 5.87. The molecule has 0 saturated carbocycles. The molecular formula is C18H16FNO2. The molecule has 2 aromatic carbocycles. The van der Waals surface area contributed by atoms with Crippen molar-refractivity contribution < 1.29 is 13.6 Å². The van der Waals surface area contributed by atoms with E-state index in [4.69, 9.17) is 4.42 Å². The number of benzene rings is 2. The molecule has 0 saturated heterocycles. The van der Waals surface area contributed by atoms with Gasteiger partial charge in [-0.25, -0.2) is 4.39 Å². The number of hydrogen-bond acceptors (Lipinski definition) is 2. The lowest BCUT2D eigenvalue weighted by Crippen LogP contribution is -2.27. The van der Waals surface area contributed by atoms with Crippen LogP contribution < -0.4 is 0 Å². The molecule has 0 atom stereocenters. The first kappa shape index (κ1) is 14.3. The molecule has 1 amide bonds. The first-order chi connectivity index (χ1) is 10.6. The van der Waals surface area contributed by atoms with E-state index in [1.807, 2.05) is 30.3 Å². The van der Waals surface area contributed by atoms with Gasteiger partial charge < -0.3 is 9.32 Å². The van der Waals surface area contributed by atoms with Crippen molar-refractivity contribution in [2.24, 2.45) is 0 Å². The SMILES string of the molecule is CN(Cc1ccccc1)C(=O)Cc1coc2ccc(F)cc12. The Morgan fingerprint density at radius 2 is 1.95 bits per heavy atom. The largest absolute Gasteiger partial charge is 0.464 e. The van der Waals surface area contributed by atoms with Gasteiger partial charge in [-0.3, -0.25) is 4.79 Å². The van der Waals surface area contributed by atoms with Crippen LogP contribution in [0.1, 0.15) is 11.1 Å². The van der Waals surface area contributed by atoms with E-state index >= 15 is 0 Å². The quantitative estimate of drug-likeness (QED) is 0.734. The molecule has 112 valence electrons. The second kappa shape index (κ2) is 6.02. The Labute approximate surface area is 128 Å². The van der Waals surface area contributed by atoms with Crippen molar-refractivity contribution >= 4 is 16.9 Å². The topological polar surface area (TPSA) is 33.5 Å². The lowest BCUT2D eigenvalue weighted by atomic mass is 10.1. The van der Waals surface area contributed by atoms with Crippen LogP contribution in [-0.4, -0.2) is 17.9 Å². The highest BCUT2D eigenvalue weighted by Crippen LogP contribution is 2.23. The van der Waals surface area contributed by atoms with E-state index in [9.17, 15) is 9.18 Å². The van der Waals surface area contributed by atoms with E-state index in [1.54, 1.807) is 18.0 Å². The van der Waals surface area contributed by atoms with Crippen molar-refractivity contribution in [2.75, 3.05) is 7.05 Å². The zero-order chi connectivity index (χ0) is 15.5. The third-order valence-electron chi connectivity index (χ3n) is 3.65. The zero-order valence-electron chi connectivity index (χ0n) is 12.3. The molecule has 3 nitrogen and oxygen atoms in total. The summed E-state index contributed by atoms with van der Waals surface area (Å²) in [7, 11) is 1.76. The van der Waals surface area contributed by atoms with E-state index in [0.717, 1.165) is 5.56 Å². The van der Waals surface area contributed by atoms with E-state index in [0.29, 0.717) is 23.1 Å². The predicted octanol–water partition coefficient (Wildman–Crippen LogP) is 3.77. The molecule has 0 aliphatic heterocycles. The van der Waals surface area contributed by atoms with Crippen molar-refractivity contribution in [3.63, 3.8) is 0 Å². The summed E-state index contributed by atoms with van der Waals surface area (Å²) in [5, 5.41) is 0.654. The maximum atomic E-state index is 13.3. The van der Waals surface area contributed by atoms with Crippen molar-refractivity contribution in [3.05, 3.63) is 71.7 Å². The van der Waals surface area contributed by atoms with Crippen LogP contribution in [0.4, 0.5) is 4.39 Å². The van der Waals surface area contributed by atoms with Gasteiger partial charge in [0, 0.05) is 24.5 Å². The molecule has 0 aliphatic rings. The van der Waals surface area contributed by atoms with E-state index < -0.39 is 0 Å². The zero-order valence-corrected chi connectivity index (χ0v) is 12.3. The van der Waals surface area contributed by atoms with Crippen LogP contribution in [0.25, 0.3) is 11.0 Å². The Kier molecular flexibility index (Phi) is 3.92. The first-order valence-corrected chi connectivity index (χ1v) is 7.07. The molecular weight excluding hydrogens is 281 g/mol. The maximum absolute atomic E-state index is 13.3. The number of fused-ring (bicyclic) bond motifs is 1. The van der Waals surface area contributed by atoms with Gasteiger partial charge >= 0.3 is 0 Å². The monoisotopic (exact) mass is 297 g/mol. The van der Waals surface area contributed by atoms with Gasteiger partial charge in [0.2, 0.25) is 5.91 Å². The molecule has 0 fully saturated rings. The molecule has 0 N–H and O–H groups in total. The number of furan rings is 1. The van der Waals surface area contributed by atoms with Crippen LogP contribution in [0.2, 0.25) is 0 Å². The minimum Gasteiger partial charge on any atom is -0.464 e. The standard InChI is InChI=1S/C18H16FNO2/c1-20(11-13-5-3-2-4-6-13)18(21)9-14-12-22-17-8-7-15(19)10-16(14)17/h2-8,10,12H,9,11H2,1H3. The summed E-state index contributed by atoms with van der Waals surface area (Å²) in [6.07, 6.45) is 1.72. The highest BCUT2D eigenvalue weighted by atomic mass is 19.1. The summed E-state index contributed by atoms with van der Waals surface area (Å²) in [5.74, 6) is -0.365. The third-order valence-corrected chi connectivity index (χ3v) is 3.65. The lowest BCUT2D eigenvalue weighted by Gasteiger charge is -2.17. The fraction of sp³-hybridized carbons (Fsp3) is 0.167. The fourth-order valence-electron chi connectivity index (χ4n) is 2.43. The summed E-state index contributed by atoms with van der Waals surface area (Å²) in [6, 6.07) is 14.1. The highest BCUT2D eigenvalue weighted by Gasteiger charge is 2.14. The number of nitrogens with zero attached hydrogens (tertiary/aromatic N) is 1. The molecule has 0 bridgehead atoms. The van der Waals surface area contributed by atoms with Gasteiger partial charge in [0.15, 0.2) is 0 Å². The summed E-state index contributed by atoms with van der Waals surface area (Å²) < 4.78 is 18.7. The van der Waals surface area contributed by atoms with E-state index in [1.165, 1.54) is 18.4 Å². The summed E-state index contributed by atoms with van der Waals surface area (Å²) in [5.41, 5.74) is 2.37. The van der Waals surface area contributed by atoms with E-state index in [-0.39, 0.29) is 18.1 Å². The molecule has 0 radical (unpaired) electrons. The second-order valence-electron chi connectivity index (χ2n) is 5.31. The smallest absolute Gasteiger partial charge is 0.227 e.